The summed E-state index contributed by atoms with van der Waals surface area (Å²) in [7, 11) is -0.626. The Hall–Kier alpha value is -2.66. The number of carbonyl (C=O) groups excluding carboxylic acids is 1. The van der Waals surface area contributed by atoms with Crippen molar-refractivity contribution in [1.29, 1.82) is 0 Å². The minimum atomic E-state index is -3.76. The van der Waals surface area contributed by atoms with E-state index >= 15 is 0 Å². The van der Waals surface area contributed by atoms with E-state index in [1.807, 2.05) is 0 Å². The first-order valence-electron chi connectivity index (χ1n) is 10.1. The largest absolute Gasteiger partial charge is 0.497 e. The van der Waals surface area contributed by atoms with Gasteiger partial charge < -0.3 is 9.47 Å². The van der Waals surface area contributed by atoms with Crippen molar-refractivity contribution in [1.82, 2.24) is 9.29 Å². The van der Waals surface area contributed by atoms with Gasteiger partial charge in [0.15, 0.2) is 5.13 Å². The predicted octanol–water partition coefficient (Wildman–Crippen LogP) is 4.52. The highest BCUT2D eigenvalue weighted by Crippen LogP contribution is 2.35. The molecule has 0 atom stereocenters. The molecule has 1 aliphatic heterocycles. The molecular formula is C22H22ClN3O5S2. The molecule has 1 aliphatic rings. The lowest BCUT2D eigenvalue weighted by atomic mass is 10.1. The Morgan fingerprint density at radius 1 is 1.12 bits per heavy atom. The standard InChI is InChI=1S/C22H22ClN3O5S2/c1-30-15-6-8-19(31-2)16(12-15)18-13-32-22(24-18)25-21(27)14-5-7-17(23)20(11-14)33(28,29)26-9-3-4-10-26/h5-8,11-13H,3-4,9-10H2,1-2H3,(H,24,25,27). The third-order valence-electron chi connectivity index (χ3n) is 5.28. The van der Waals surface area contributed by atoms with Crippen molar-refractivity contribution in [2.75, 3.05) is 32.6 Å². The molecule has 0 bridgehead atoms. The highest BCUT2D eigenvalue weighted by Gasteiger charge is 2.30. The quantitative estimate of drug-likeness (QED) is 0.505. The fraction of sp³-hybridized carbons (Fsp3) is 0.273. The monoisotopic (exact) mass is 507 g/mol. The highest BCUT2D eigenvalue weighted by molar-refractivity contribution is 7.89. The first-order valence-corrected chi connectivity index (χ1v) is 12.8. The van der Waals surface area contributed by atoms with Crippen molar-refractivity contribution in [2.45, 2.75) is 17.7 Å². The molecule has 0 unspecified atom stereocenters. The van der Waals surface area contributed by atoms with E-state index < -0.39 is 15.9 Å². The van der Waals surface area contributed by atoms with Gasteiger partial charge in [0.2, 0.25) is 10.0 Å². The Kier molecular flexibility index (Phi) is 6.89. The Morgan fingerprint density at radius 3 is 2.58 bits per heavy atom. The van der Waals surface area contributed by atoms with Gasteiger partial charge in [-0.1, -0.05) is 11.6 Å². The van der Waals surface area contributed by atoms with Crippen LogP contribution in [-0.4, -0.2) is 50.9 Å². The number of carbonyl (C=O) groups is 1. The number of nitrogens with zero attached hydrogens (tertiary/aromatic N) is 2. The SMILES string of the molecule is COc1ccc(OC)c(-c2csc(NC(=O)c3ccc(Cl)c(S(=O)(=O)N4CCCC4)c3)n2)c1. The van der Waals surface area contributed by atoms with E-state index in [1.165, 1.54) is 33.8 Å². The minimum absolute atomic E-state index is 0.0698. The van der Waals surface area contributed by atoms with Crippen LogP contribution in [0.25, 0.3) is 11.3 Å². The fourth-order valence-corrected chi connectivity index (χ4v) is 6.27. The summed E-state index contributed by atoms with van der Waals surface area (Å²) < 4.78 is 38.0. The van der Waals surface area contributed by atoms with Crippen molar-refractivity contribution in [2.24, 2.45) is 0 Å². The fourth-order valence-electron chi connectivity index (χ4n) is 3.55. The second-order valence-corrected chi connectivity index (χ2v) is 10.5. The van der Waals surface area contributed by atoms with Gasteiger partial charge in [-0.05, 0) is 49.2 Å². The first kappa shape index (κ1) is 23.5. The number of sulfonamides is 1. The van der Waals surface area contributed by atoms with Gasteiger partial charge in [-0.15, -0.1) is 11.3 Å². The van der Waals surface area contributed by atoms with Crippen molar-refractivity contribution >= 4 is 44.0 Å². The molecule has 0 spiro atoms. The first-order chi connectivity index (χ1) is 15.8. The molecular weight excluding hydrogens is 486 g/mol. The number of hydrogen-bond acceptors (Lipinski definition) is 7. The molecule has 2 aromatic carbocycles. The van der Waals surface area contributed by atoms with Crippen LogP contribution < -0.4 is 14.8 Å². The number of methoxy groups -OCH3 is 2. The lowest BCUT2D eigenvalue weighted by molar-refractivity contribution is 0.102. The van der Waals surface area contributed by atoms with Crippen molar-refractivity contribution in [3.8, 4) is 22.8 Å². The predicted molar refractivity (Wildman–Crippen MR) is 128 cm³/mol. The zero-order valence-electron chi connectivity index (χ0n) is 18.0. The van der Waals surface area contributed by atoms with E-state index in [-0.39, 0.29) is 15.5 Å². The lowest BCUT2D eigenvalue weighted by Crippen LogP contribution is -2.28. The third-order valence-corrected chi connectivity index (χ3v) is 8.42. The summed E-state index contributed by atoms with van der Waals surface area (Å²) in [6.45, 7) is 0.898. The van der Waals surface area contributed by atoms with Gasteiger partial charge in [-0.25, -0.2) is 13.4 Å². The van der Waals surface area contributed by atoms with Crippen LogP contribution in [-0.2, 0) is 10.0 Å². The van der Waals surface area contributed by atoms with Gasteiger partial charge in [0.05, 0.1) is 24.9 Å². The van der Waals surface area contributed by atoms with Crippen molar-refractivity contribution in [3.63, 3.8) is 0 Å². The number of nitrogens with one attached hydrogen (secondary N) is 1. The number of aromatic nitrogens is 1. The maximum atomic E-state index is 12.9. The highest BCUT2D eigenvalue weighted by atomic mass is 35.5. The molecule has 0 aliphatic carbocycles. The molecule has 4 rings (SSSR count). The molecule has 0 saturated carbocycles. The Bertz CT molecular complexity index is 1290. The number of anilines is 1. The van der Waals surface area contributed by atoms with E-state index in [0.717, 1.165) is 18.4 Å². The van der Waals surface area contributed by atoms with Crippen LogP contribution in [0.15, 0.2) is 46.7 Å². The number of hydrogen-bond donors (Lipinski definition) is 1. The molecule has 11 heteroatoms. The van der Waals surface area contributed by atoms with Crippen LogP contribution in [0, 0.1) is 0 Å². The molecule has 1 aromatic heterocycles. The number of ether oxygens (including phenoxy) is 2. The molecule has 1 amide bonds. The summed E-state index contributed by atoms with van der Waals surface area (Å²) in [6, 6.07) is 9.58. The average molecular weight is 508 g/mol. The molecule has 1 fully saturated rings. The minimum Gasteiger partial charge on any atom is -0.497 e. The van der Waals surface area contributed by atoms with Crippen LogP contribution in [0.5, 0.6) is 11.5 Å². The van der Waals surface area contributed by atoms with Crippen LogP contribution >= 0.6 is 22.9 Å². The van der Waals surface area contributed by atoms with Crippen LogP contribution in [0.4, 0.5) is 5.13 Å². The van der Waals surface area contributed by atoms with Crippen LogP contribution in [0.2, 0.25) is 5.02 Å². The summed E-state index contributed by atoms with van der Waals surface area (Å²) in [6.07, 6.45) is 1.61. The van der Waals surface area contributed by atoms with Crippen LogP contribution in [0.1, 0.15) is 23.2 Å². The Morgan fingerprint density at radius 2 is 1.88 bits per heavy atom. The Labute approximate surface area is 201 Å². The number of amides is 1. The van der Waals surface area contributed by atoms with Gasteiger partial charge in [-0.3, -0.25) is 10.1 Å². The molecule has 33 heavy (non-hydrogen) atoms. The summed E-state index contributed by atoms with van der Waals surface area (Å²) in [4.78, 5) is 17.3. The Balaban J connectivity index is 1.57. The zero-order chi connectivity index (χ0) is 23.6. The molecule has 174 valence electrons. The molecule has 1 N–H and O–H groups in total. The molecule has 3 aromatic rings. The molecule has 8 nitrogen and oxygen atoms in total. The topological polar surface area (TPSA) is 97.8 Å². The lowest BCUT2D eigenvalue weighted by Gasteiger charge is -2.17. The number of rotatable bonds is 7. The summed E-state index contributed by atoms with van der Waals surface area (Å²) in [5, 5.41) is 4.96. The number of thiazole rings is 1. The van der Waals surface area contributed by atoms with Gasteiger partial charge >= 0.3 is 0 Å². The molecule has 1 saturated heterocycles. The van der Waals surface area contributed by atoms with Gasteiger partial charge in [-0.2, -0.15) is 4.31 Å². The zero-order valence-corrected chi connectivity index (χ0v) is 20.4. The second-order valence-electron chi connectivity index (χ2n) is 7.31. The summed E-state index contributed by atoms with van der Waals surface area (Å²) in [5.74, 6) is 0.786. The smallest absolute Gasteiger partial charge is 0.257 e. The molecule has 2 heterocycles. The van der Waals surface area contributed by atoms with Gasteiger partial charge in [0.1, 0.15) is 16.4 Å². The summed E-state index contributed by atoms with van der Waals surface area (Å²) in [5.41, 5.74) is 1.51. The van der Waals surface area contributed by atoms with E-state index in [1.54, 1.807) is 37.8 Å². The number of benzene rings is 2. The van der Waals surface area contributed by atoms with Gasteiger partial charge in [0.25, 0.3) is 5.91 Å². The maximum Gasteiger partial charge on any atom is 0.257 e. The van der Waals surface area contributed by atoms with Gasteiger partial charge in [0, 0.05) is 29.6 Å². The second kappa shape index (κ2) is 9.68. The number of halogens is 1. The normalized spacial score (nSPS) is 14.3. The molecule has 0 radical (unpaired) electrons. The third kappa shape index (κ3) is 4.84. The van der Waals surface area contributed by atoms with Crippen molar-refractivity contribution in [3.05, 3.63) is 52.4 Å². The average Bonchev–Trinajstić information content (AvgIpc) is 3.51. The van der Waals surface area contributed by atoms with E-state index in [2.05, 4.69) is 10.3 Å². The van der Waals surface area contributed by atoms with E-state index in [9.17, 15) is 13.2 Å². The van der Waals surface area contributed by atoms with Crippen molar-refractivity contribution < 1.29 is 22.7 Å². The van der Waals surface area contributed by atoms with E-state index in [4.69, 9.17) is 21.1 Å². The maximum absolute atomic E-state index is 12.9. The summed E-state index contributed by atoms with van der Waals surface area (Å²) >= 11 is 7.42. The van der Waals surface area contributed by atoms with Crippen LogP contribution in [0.3, 0.4) is 0 Å². The van der Waals surface area contributed by atoms with E-state index in [0.29, 0.717) is 35.4 Å².